The maximum atomic E-state index is 13.1. The summed E-state index contributed by atoms with van der Waals surface area (Å²) in [4.78, 5) is 79.9. The summed E-state index contributed by atoms with van der Waals surface area (Å²) >= 11 is 0. The second-order valence-electron chi connectivity index (χ2n) is 9.08. The third kappa shape index (κ3) is 5.46. The lowest BCUT2D eigenvalue weighted by atomic mass is 10.0. The Balaban J connectivity index is 1.66. The summed E-state index contributed by atoms with van der Waals surface area (Å²) in [5, 5.41) is 2.66. The van der Waals surface area contributed by atoms with Gasteiger partial charge in [0.25, 0.3) is 17.7 Å². The van der Waals surface area contributed by atoms with E-state index in [1.165, 1.54) is 12.1 Å². The Morgan fingerprint density at radius 2 is 1.64 bits per heavy atom. The number of hydrogen-bond acceptors (Lipinski definition) is 8. The van der Waals surface area contributed by atoms with E-state index in [-0.39, 0.29) is 42.3 Å². The Labute approximate surface area is 209 Å². The molecule has 0 saturated carbocycles. The number of ether oxygens (including phenoxy) is 1. The summed E-state index contributed by atoms with van der Waals surface area (Å²) in [6, 6.07) is 4.11. The van der Waals surface area contributed by atoms with Gasteiger partial charge in [-0.25, -0.2) is 9.69 Å². The Bertz CT molecular complexity index is 1030. The molecule has 2 heterocycles. The number of likely N-dealkylation sites (tertiary alicyclic amines) is 1. The van der Waals surface area contributed by atoms with Gasteiger partial charge < -0.3 is 10.1 Å². The van der Waals surface area contributed by atoms with Crippen LogP contribution in [0, 0.1) is 5.92 Å². The predicted octanol–water partition coefficient (Wildman–Crippen LogP) is 0.784. The third-order valence-corrected chi connectivity index (χ3v) is 6.46. The highest BCUT2D eigenvalue weighted by atomic mass is 16.5. The summed E-state index contributed by atoms with van der Waals surface area (Å²) in [5.41, 5.74) is 0.399. The lowest BCUT2D eigenvalue weighted by Crippen LogP contribution is -2.57. The number of hydrogen-bond donors (Lipinski definition) is 1. The number of esters is 1. The van der Waals surface area contributed by atoms with E-state index in [0.717, 1.165) is 9.80 Å². The van der Waals surface area contributed by atoms with Gasteiger partial charge in [-0.2, -0.15) is 0 Å². The largest absolute Gasteiger partial charge is 0.442 e. The van der Waals surface area contributed by atoms with Crippen LogP contribution in [0.2, 0.25) is 0 Å². The summed E-state index contributed by atoms with van der Waals surface area (Å²) in [5.74, 6) is -4.01. The number of nitrogens with one attached hydrogen (secondary N) is 1. The van der Waals surface area contributed by atoms with E-state index in [0.29, 0.717) is 13.1 Å². The average molecular weight is 501 g/mol. The zero-order valence-electron chi connectivity index (χ0n) is 21.0. The number of carbonyl (C=O) groups excluding carboxylic acids is 6. The summed E-state index contributed by atoms with van der Waals surface area (Å²) in [6.07, 6.45) is -0.112. The van der Waals surface area contributed by atoms with Gasteiger partial charge in [-0.3, -0.25) is 33.8 Å². The average Bonchev–Trinajstić information content (AvgIpc) is 3.10. The highest BCUT2D eigenvalue weighted by Crippen LogP contribution is 2.29. The van der Waals surface area contributed by atoms with Crippen LogP contribution in [0.4, 0.5) is 0 Å². The lowest BCUT2D eigenvalue weighted by Gasteiger charge is -2.34. The molecule has 0 spiro atoms. The van der Waals surface area contributed by atoms with Gasteiger partial charge in [0.1, 0.15) is 12.1 Å². The molecule has 2 atom stereocenters. The van der Waals surface area contributed by atoms with Gasteiger partial charge >= 0.3 is 5.97 Å². The number of piperidine rings is 1. The quantitative estimate of drug-likeness (QED) is 0.368. The highest BCUT2D eigenvalue weighted by Gasteiger charge is 2.47. The van der Waals surface area contributed by atoms with Gasteiger partial charge in [-0.1, -0.05) is 39.8 Å². The molecule has 0 radical (unpaired) electrons. The molecule has 5 amide bonds. The smallest absolute Gasteiger partial charge is 0.330 e. The molecular weight excluding hydrogens is 468 g/mol. The third-order valence-electron chi connectivity index (χ3n) is 6.46. The fourth-order valence-electron chi connectivity index (χ4n) is 4.27. The van der Waals surface area contributed by atoms with E-state index in [2.05, 4.69) is 5.32 Å². The van der Waals surface area contributed by atoms with Crippen molar-refractivity contribution in [3.05, 3.63) is 35.4 Å². The maximum Gasteiger partial charge on any atom is 0.330 e. The Morgan fingerprint density at radius 3 is 2.17 bits per heavy atom. The van der Waals surface area contributed by atoms with Gasteiger partial charge in [0.2, 0.25) is 11.8 Å². The Kier molecular flexibility index (Phi) is 8.57. The summed E-state index contributed by atoms with van der Waals surface area (Å²) in [6.45, 7) is 8.11. The van der Waals surface area contributed by atoms with Crippen molar-refractivity contribution < 1.29 is 33.5 Å². The Hall–Kier alpha value is -3.60. The van der Waals surface area contributed by atoms with Gasteiger partial charge in [0, 0.05) is 6.42 Å². The number of carbonyl (C=O) groups is 6. The number of likely N-dealkylation sites (N-methyl/N-ethyl adjacent to an activating group) is 1. The van der Waals surface area contributed by atoms with Gasteiger partial charge in [-0.15, -0.1) is 0 Å². The van der Waals surface area contributed by atoms with Gasteiger partial charge in [0.15, 0.2) is 6.73 Å². The highest BCUT2D eigenvalue weighted by molar-refractivity contribution is 6.23. The molecular formula is C25H32N4O7. The predicted molar refractivity (Wildman–Crippen MR) is 127 cm³/mol. The molecule has 1 fully saturated rings. The zero-order chi connectivity index (χ0) is 26.6. The second kappa shape index (κ2) is 11.4. The van der Waals surface area contributed by atoms with Crippen LogP contribution in [0.3, 0.4) is 0 Å². The molecule has 1 unspecified atom stereocenters. The van der Waals surface area contributed by atoms with Crippen molar-refractivity contribution in [3.63, 3.8) is 0 Å². The van der Waals surface area contributed by atoms with Crippen LogP contribution in [-0.4, -0.2) is 88.7 Å². The lowest BCUT2D eigenvalue weighted by molar-refractivity contribution is -0.166. The topological polar surface area (TPSA) is 133 Å². The molecule has 0 bridgehead atoms. The van der Waals surface area contributed by atoms with Crippen LogP contribution < -0.4 is 5.32 Å². The standard InChI is InChI=1S/C25H32N4O7/c1-5-27(6-2)13-19(30)26-21(15(3)4)25(35)36-14-28-20(31)12-11-18(24(28)34)29-22(32)16-9-7-8-10-17(16)23(29)33/h7-10,15,18,21H,5-6,11-14H2,1-4H3,(H,26,30)/t18-,21?/m0/s1. The molecule has 2 aliphatic heterocycles. The number of rotatable bonds is 10. The first-order valence-electron chi connectivity index (χ1n) is 12.1. The zero-order valence-corrected chi connectivity index (χ0v) is 21.0. The van der Waals surface area contributed by atoms with Crippen LogP contribution in [-0.2, 0) is 23.9 Å². The van der Waals surface area contributed by atoms with E-state index in [9.17, 15) is 28.8 Å². The van der Waals surface area contributed by atoms with E-state index in [4.69, 9.17) is 4.74 Å². The van der Waals surface area contributed by atoms with Crippen molar-refractivity contribution >= 4 is 35.5 Å². The maximum absolute atomic E-state index is 13.1. The minimum absolute atomic E-state index is 0.0103. The second-order valence-corrected chi connectivity index (χ2v) is 9.08. The van der Waals surface area contributed by atoms with Crippen LogP contribution >= 0.6 is 0 Å². The molecule has 36 heavy (non-hydrogen) atoms. The van der Waals surface area contributed by atoms with E-state index >= 15 is 0 Å². The molecule has 2 aliphatic rings. The first-order valence-corrected chi connectivity index (χ1v) is 12.1. The Morgan fingerprint density at radius 1 is 1.06 bits per heavy atom. The van der Waals surface area contributed by atoms with Gasteiger partial charge in [0.05, 0.1) is 17.7 Å². The molecule has 11 heteroatoms. The molecule has 3 rings (SSSR count). The fourth-order valence-corrected chi connectivity index (χ4v) is 4.27. The molecule has 194 valence electrons. The van der Waals surface area contributed by atoms with Crippen LogP contribution in [0.25, 0.3) is 0 Å². The van der Waals surface area contributed by atoms with E-state index < -0.39 is 48.4 Å². The minimum atomic E-state index is -1.18. The molecule has 1 N–H and O–H groups in total. The van der Waals surface area contributed by atoms with Crippen molar-refractivity contribution in [2.24, 2.45) is 5.92 Å². The van der Waals surface area contributed by atoms with Gasteiger partial charge in [-0.05, 0) is 37.6 Å². The normalized spacial score (nSPS) is 18.7. The van der Waals surface area contributed by atoms with Crippen molar-refractivity contribution in [2.75, 3.05) is 26.4 Å². The number of fused-ring (bicyclic) bond motifs is 1. The first kappa shape index (κ1) is 27.0. The van der Waals surface area contributed by atoms with Crippen molar-refractivity contribution in [1.82, 2.24) is 20.0 Å². The van der Waals surface area contributed by atoms with Crippen molar-refractivity contribution in [2.45, 2.75) is 52.6 Å². The van der Waals surface area contributed by atoms with E-state index in [1.807, 2.05) is 18.7 Å². The number of benzene rings is 1. The molecule has 1 saturated heterocycles. The number of nitrogens with zero attached hydrogens (tertiary/aromatic N) is 3. The first-order chi connectivity index (χ1) is 17.1. The molecule has 0 aliphatic carbocycles. The number of imide groups is 2. The van der Waals surface area contributed by atoms with Crippen molar-refractivity contribution in [3.8, 4) is 0 Å². The molecule has 0 aromatic heterocycles. The molecule has 11 nitrogen and oxygen atoms in total. The van der Waals surface area contributed by atoms with Crippen LogP contribution in [0.15, 0.2) is 24.3 Å². The van der Waals surface area contributed by atoms with Crippen LogP contribution in [0.5, 0.6) is 0 Å². The fraction of sp³-hybridized carbons (Fsp3) is 0.520. The minimum Gasteiger partial charge on any atom is -0.442 e. The van der Waals surface area contributed by atoms with E-state index in [1.54, 1.807) is 26.0 Å². The molecule has 1 aromatic rings. The van der Waals surface area contributed by atoms with Crippen LogP contribution in [0.1, 0.15) is 61.3 Å². The summed E-state index contributed by atoms with van der Waals surface area (Å²) in [7, 11) is 0. The van der Waals surface area contributed by atoms with Crippen molar-refractivity contribution in [1.29, 1.82) is 0 Å². The summed E-state index contributed by atoms with van der Waals surface area (Å²) < 4.78 is 5.26. The monoisotopic (exact) mass is 500 g/mol. The SMILES string of the molecule is CCN(CC)CC(=O)NC(C(=O)OCN1C(=O)CC[C@H](N2C(=O)c3ccccc3C2=O)C1=O)C(C)C. The number of amides is 5. The molecule has 1 aromatic carbocycles.